The van der Waals surface area contributed by atoms with E-state index in [1.54, 1.807) is 12.1 Å². The van der Waals surface area contributed by atoms with Gasteiger partial charge in [-0.25, -0.2) is 35.1 Å². The zero-order valence-corrected chi connectivity index (χ0v) is 16.6. The number of hydrogen-bond donors (Lipinski definition) is 0. The van der Waals surface area contributed by atoms with Gasteiger partial charge in [0.1, 0.15) is 0 Å². The lowest BCUT2D eigenvalue weighted by Crippen LogP contribution is -1.98. The average Bonchev–Trinajstić information content (AvgIpc) is 2.86. The Morgan fingerprint density at radius 1 is 0.265 bits per heavy atom. The second kappa shape index (κ2) is 6.79. The zero-order valence-electron chi connectivity index (χ0n) is 16.6. The van der Waals surface area contributed by atoms with Gasteiger partial charge in [-0.05, 0) is 56.6 Å². The highest BCUT2D eigenvalue weighted by molar-refractivity contribution is 6.20. The van der Waals surface area contributed by atoms with E-state index in [0.717, 1.165) is 0 Å². The molecule has 0 aliphatic heterocycles. The minimum absolute atomic E-state index is 0.355. The van der Waals surface area contributed by atoms with Crippen molar-refractivity contribution in [2.75, 3.05) is 0 Å². The second-order valence-corrected chi connectivity index (χ2v) is 7.98. The molecule has 168 valence electrons. The van der Waals surface area contributed by atoms with Gasteiger partial charge in [0.05, 0.1) is 0 Å². The second-order valence-electron chi connectivity index (χ2n) is 7.98. The van der Waals surface area contributed by atoms with Crippen LogP contribution in [0.2, 0.25) is 0 Å². The third-order valence-electron chi connectivity index (χ3n) is 6.21. The molecule has 0 saturated carbocycles. The molecule has 0 atom stereocenters. The minimum atomic E-state index is -1.94. The van der Waals surface area contributed by atoms with Gasteiger partial charge in [0.2, 0.25) is 0 Å². The first-order chi connectivity index (χ1) is 16.2. The monoisotopic (exact) mass is 472 g/mol. The predicted molar refractivity (Wildman–Crippen MR) is 114 cm³/mol. The van der Waals surface area contributed by atoms with Crippen molar-refractivity contribution in [2.24, 2.45) is 0 Å². The first-order valence-electron chi connectivity index (χ1n) is 9.89. The lowest BCUT2D eigenvalue weighted by molar-refractivity contribution is 0.418. The summed E-state index contributed by atoms with van der Waals surface area (Å²) >= 11 is 0. The Hall–Kier alpha value is -3.94. The molecule has 0 bridgehead atoms. The molecular formula is C26H8F8. The summed E-state index contributed by atoms with van der Waals surface area (Å²) < 4.78 is 112. The van der Waals surface area contributed by atoms with Gasteiger partial charge in [0.15, 0.2) is 46.5 Å². The number of benzene rings is 6. The van der Waals surface area contributed by atoms with E-state index < -0.39 is 68.1 Å². The van der Waals surface area contributed by atoms with E-state index in [9.17, 15) is 35.1 Å². The molecule has 0 heterocycles. The van der Waals surface area contributed by atoms with Crippen molar-refractivity contribution in [1.82, 2.24) is 0 Å². The van der Waals surface area contributed by atoms with Crippen LogP contribution in [0, 0.1) is 46.5 Å². The van der Waals surface area contributed by atoms with Crippen molar-refractivity contribution in [3.8, 4) is 0 Å². The molecular weight excluding hydrogens is 464 g/mol. The van der Waals surface area contributed by atoms with Gasteiger partial charge < -0.3 is 0 Å². The molecule has 0 nitrogen and oxygen atoms in total. The topological polar surface area (TPSA) is 0 Å². The summed E-state index contributed by atoms with van der Waals surface area (Å²) in [6.45, 7) is 0. The Morgan fingerprint density at radius 3 is 0.882 bits per heavy atom. The Bertz CT molecular complexity index is 1750. The van der Waals surface area contributed by atoms with E-state index >= 15 is 0 Å². The molecule has 34 heavy (non-hydrogen) atoms. The summed E-state index contributed by atoms with van der Waals surface area (Å²) in [7, 11) is 0. The maximum atomic E-state index is 14.4. The van der Waals surface area contributed by atoms with Crippen molar-refractivity contribution >= 4 is 53.9 Å². The SMILES string of the molecule is Fc1c(F)c(F)c2cc3c(ccc4c5cc6c(F)c(F)c(F)c(F)c6cc5ccc34)cc2c1F. The minimum Gasteiger partial charge on any atom is -0.203 e. The summed E-state index contributed by atoms with van der Waals surface area (Å²) in [5, 5.41) is 0.570. The highest BCUT2D eigenvalue weighted by atomic mass is 19.2. The molecule has 8 heteroatoms. The van der Waals surface area contributed by atoms with Gasteiger partial charge in [-0.2, -0.15) is 0 Å². The third kappa shape index (κ3) is 2.53. The normalized spacial score (nSPS) is 12.1. The Kier molecular flexibility index (Phi) is 4.12. The van der Waals surface area contributed by atoms with Crippen LogP contribution < -0.4 is 0 Å². The molecule has 0 N–H and O–H groups in total. The van der Waals surface area contributed by atoms with Crippen LogP contribution in [0.4, 0.5) is 35.1 Å². The molecule has 6 aromatic rings. The van der Waals surface area contributed by atoms with Crippen molar-refractivity contribution in [2.45, 2.75) is 0 Å². The first kappa shape index (κ1) is 20.7. The molecule has 6 aromatic carbocycles. The van der Waals surface area contributed by atoms with Crippen LogP contribution in [0.25, 0.3) is 53.9 Å². The fourth-order valence-electron chi connectivity index (χ4n) is 4.56. The van der Waals surface area contributed by atoms with Crippen LogP contribution in [0.1, 0.15) is 0 Å². The molecule has 0 unspecified atom stereocenters. The van der Waals surface area contributed by atoms with Crippen molar-refractivity contribution < 1.29 is 35.1 Å². The van der Waals surface area contributed by atoms with Gasteiger partial charge in [-0.1, -0.05) is 24.3 Å². The lowest BCUT2D eigenvalue weighted by Gasteiger charge is -2.12. The summed E-state index contributed by atoms with van der Waals surface area (Å²) in [4.78, 5) is 0. The molecule has 0 fully saturated rings. The summed E-state index contributed by atoms with van der Waals surface area (Å²) in [6.07, 6.45) is 0. The standard InChI is InChI=1S/C26H8F8/c27-19-15-5-9-1-3-11-12(13(9)7-17(15)21(29)25(33)23(19)31)4-2-10-6-16-18(8-14(10)11)22(30)26(34)24(32)20(16)28/h1-8H. The predicted octanol–water partition coefficient (Wildman–Crippen LogP) is 8.57. The molecule has 6 rings (SSSR count). The molecule has 0 aliphatic carbocycles. The molecule has 0 saturated heterocycles. The van der Waals surface area contributed by atoms with Gasteiger partial charge in [0.25, 0.3) is 0 Å². The Morgan fingerprint density at radius 2 is 0.559 bits per heavy atom. The smallest absolute Gasteiger partial charge is 0.198 e. The van der Waals surface area contributed by atoms with Crippen LogP contribution in [-0.4, -0.2) is 0 Å². The maximum Gasteiger partial charge on any atom is 0.198 e. The average molecular weight is 472 g/mol. The molecule has 0 radical (unpaired) electrons. The molecule has 0 spiro atoms. The van der Waals surface area contributed by atoms with Gasteiger partial charge in [-0.15, -0.1) is 0 Å². The highest BCUT2D eigenvalue weighted by Gasteiger charge is 2.23. The lowest BCUT2D eigenvalue weighted by atomic mass is 9.93. The van der Waals surface area contributed by atoms with Crippen LogP contribution in [0.3, 0.4) is 0 Å². The Labute approximate surface area is 184 Å². The maximum absolute atomic E-state index is 14.4. The molecule has 0 aromatic heterocycles. The van der Waals surface area contributed by atoms with Crippen LogP contribution in [0.5, 0.6) is 0 Å². The van der Waals surface area contributed by atoms with Crippen LogP contribution >= 0.6 is 0 Å². The van der Waals surface area contributed by atoms with E-state index in [2.05, 4.69) is 0 Å². The van der Waals surface area contributed by atoms with Crippen molar-refractivity contribution in [1.29, 1.82) is 0 Å². The molecule has 0 amide bonds. The highest BCUT2D eigenvalue weighted by Crippen LogP contribution is 2.38. The fraction of sp³-hybridized carbons (Fsp3) is 0. The van der Waals surface area contributed by atoms with E-state index in [1.165, 1.54) is 36.4 Å². The Balaban J connectivity index is 1.77. The van der Waals surface area contributed by atoms with Crippen molar-refractivity contribution in [3.05, 3.63) is 95.1 Å². The molecule has 0 aliphatic rings. The summed E-state index contributed by atoms with van der Waals surface area (Å²) in [5.41, 5.74) is 0. The van der Waals surface area contributed by atoms with E-state index in [4.69, 9.17) is 0 Å². The van der Waals surface area contributed by atoms with Gasteiger partial charge >= 0.3 is 0 Å². The summed E-state index contributed by atoms with van der Waals surface area (Å²) in [6, 6.07) is 10.9. The van der Waals surface area contributed by atoms with E-state index in [0.29, 0.717) is 32.3 Å². The third-order valence-corrected chi connectivity index (χ3v) is 6.21. The van der Waals surface area contributed by atoms with Crippen molar-refractivity contribution in [3.63, 3.8) is 0 Å². The van der Waals surface area contributed by atoms with Gasteiger partial charge in [0, 0.05) is 21.5 Å². The number of rotatable bonds is 0. The number of halogens is 8. The number of hydrogen-bond acceptors (Lipinski definition) is 0. The van der Waals surface area contributed by atoms with E-state index in [-0.39, 0.29) is 0 Å². The first-order valence-corrected chi connectivity index (χ1v) is 9.89. The van der Waals surface area contributed by atoms with Crippen LogP contribution in [0.15, 0.2) is 48.5 Å². The quantitative estimate of drug-likeness (QED) is 0.0683. The number of fused-ring (bicyclic) bond motifs is 7. The van der Waals surface area contributed by atoms with E-state index in [1.807, 2.05) is 0 Å². The summed E-state index contributed by atoms with van der Waals surface area (Å²) in [5.74, 6) is -13.8. The fourth-order valence-corrected chi connectivity index (χ4v) is 4.56. The zero-order chi connectivity index (χ0) is 24.0. The van der Waals surface area contributed by atoms with Crippen LogP contribution in [-0.2, 0) is 0 Å². The van der Waals surface area contributed by atoms with Gasteiger partial charge in [-0.3, -0.25) is 0 Å². The largest absolute Gasteiger partial charge is 0.203 e.